The van der Waals surface area contributed by atoms with Crippen molar-refractivity contribution in [2.75, 3.05) is 0 Å². The third kappa shape index (κ3) is 19.3. The van der Waals surface area contributed by atoms with Gasteiger partial charge in [-0.3, -0.25) is 28.3 Å². The van der Waals surface area contributed by atoms with Crippen molar-refractivity contribution in [3.8, 4) is 19.8 Å². The molecule has 472 valence electrons. The van der Waals surface area contributed by atoms with Gasteiger partial charge in [0.25, 0.3) is 22.2 Å². The molecular formula is C72H104N4O4S6. The summed E-state index contributed by atoms with van der Waals surface area (Å²) in [6, 6.07) is 8.14. The second-order valence-corrected chi connectivity index (χ2v) is 31.2. The maximum Gasteiger partial charge on any atom is 0.280 e. The summed E-state index contributed by atoms with van der Waals surface area (Å²) in [4.78, 5) is 74.8. The molecule has 8 aromatic heterocycles. The molecule has 0 saturated carbocycles. The number of unbranched alkanes of at least 4 members (excludes halogenated alkanes) is 32. The standard InChI is InChI=1S/C72H104N4O4S6/c1-5-9-13-17-21-25-27-31-35-39-45-53(43-37-33-29-23-19-15-11-7-3)51-75-69(77)57-61-62(84-63(57)65-59(71(75)79)73-67(85-65)55-47-41-49-81-55)58-64(83-61)66-60(74-68(86-66)56-48-42-50-82-56)72(80)76(70(58)78)52-54(44-38-34-30-24-20-16-12-8-4)46-40-36-32-28-26-22-18-14-10-6-2/h41-42,47-50,53-54H,5-40,43-46,51-52H2,1-4H3. The zero-order valence-electron chi connectivity index (χ0n) is 53.2. The van der Waals surface area contributed by atoms with Crippen LogP contribution in [0.3, 0.4) is 0 Å². The Morgan fingerprint density at radius 1 is 0.337 bits per heavy atom. The van der Waals surface area contributed by atoms with E-state index < -0.39 is 0 Å². The Balaban J connectivity index is 1.20. The summed E-state index contributed by atoms with van der Waals surface area (Å²) >= 11 is 9.07. The highest BCUT2D eigenvalue weighted by Crippen LogP contribution is 2.48. The predicted octanol–water partition coefficient (Wildman–Crippen LogP) is 23.9. The summed E-state index contributed by atoms with van der Waals surface area (Å²) in [5.41, 5.74) is -0.535. The molecule has 8 heterocycles. The largest absolute Gasteiger partial charge is 0.280 e. The summed E-state index contributed by atoms with van der Waals surface area (Å²) in [5.74, 6) is 0.338. The molecular weight excluding hydrogens is 1180 g/mol. The lowest BCUT2D eigenvalue weighted by Crippen LogP contribution is -2.33. The average molecular weight is 1280 g/mol. The van der Waals surface area contributed by atoms with Crippen LogP contribution in [-0.4, -0.2) is 19.1 Å². The maximum absolute atomic E-state index is 15.9. The molecule has 0 N–H and O–H groups in total. The lowest BCUT2D eigenvalue weighted by molar-refractivity contribution is 0.350. The van der Waals surface area contributed by atoms with Crippen LogP contribution in [0.5, 0.6) is 0 Å². The van der Waals surface area contributed by atoms with Crippen molar-refractivity contribution in [3.63, 3.8) is 0 Å². The molecule has 14 heteroatoms. The second kappa shape index (κ2) is 37.7. The van der Waals surface area contributed by atoms with Crippen molar-refractivity contribution in [2.24, 2.45) is 11.8 Å². The van der Waals surface area contributed by atoms with Crippen LogP contribution in [-0.2, 0) is 13.1 Å². The smallest absolute Gasteiger partial charge is 0.273 e. The van der Waals surface area contributed by atoms with Crippen LogP contribution in [0.4, 0.5) is 0 Å². The van der Waals surface area contributed by atoms with Crippen molar-refractivity contribution in [1.29, 1.82) is 0 Å². The third-order valence-corrected chi connectivity index (χ3v) is 25.3. The van der Waals surface area contributed by atoms with Gasteiger partial charge in [-0.25, -0.2) is 9.97 Å². The zero-order valence-corrected chi connectivity index (χ0v) is 58.1. The fraction of sp³-hybridized carbons (Fsp3) is 0.667. The highest BCUT2D eigenvalue weighted by atomic mass is 32.1. The minimum atomic E-state index is -0.314. The van der Waals surface area contributed by atoms with Gasteiger partial charge in [0.05, 0.1) is 48.7 Å². The molecule has 0 saturated heterocycles. The molecule has 0 aliphatic carbocycles. The molecule has 8 rings (SSSR count). The molecule has 0 fully saturated rings. The van der Waals surface area contributed by atoms with E-state index in [-0.39, 0.29) is 34.1 Å². The summed E-state index contributed by atoms with van der Waals surface area (Å²) in [6.07, 6.45) is 49.0. The van der Waals surface area contributed by atoms with Crippen molar-refractivity contribution >= 4 is 118 Å². The van der Waals surface area contributed by atoms with Crippen LogP contribution >= 0.6 is 68.0 Å². The number of rotatable bonds is 46. The van der Waals surface area contributed by atoms with Gasteiger partial charge in [-0.1, -0.05) is 271 Å². The Hall–Kier alpha value is -3.40. The monoisotopic (exact) mass is 1280 g/mol. The number of nitrogens with zero attached hydrogens (tertiary/aromatic N) is 4. The molecule has 0 spiro atoms. The molecule has 0 aliphatic heterocycles. The van der Waals surface area contributed by atoms with Crippen molar-refractivity contribution in [3.05, 3.63) is 76.4 Å². The Morgan fingerprint density at radius 2 is 0.605 bits per heavy atom. The van der Waals surface area contributed by atoms with Crippen LogP contribution in [0.15, 0.2) is 54.2 Å². The topological polar surface area (TPSA) is 104 Å². The minimum Gasteiger partial charge on any atom is -0.273 e. The van der Waals surface area contributed by atoms with Crippen LogP contribution in [0.2, 0.25) is 0 Å². The van der Waals surface area contributed by atoms with Crippen LogP contribution in [0.25, 0.3) is 69.8 Å². The summed E-state index contributed by atoms with van der Waals surface area (Å²) in [6.45, 7) is 9.80. The average Bonchev–Trinajstić information content (AvgIpc) is 1.57. The normalized spacial score (nSPS) is 12.8. The van der Waals surface area contributed by atoms with Gasteiger partial charge in [-0.05, 0) is 60.4 Å². The van der Waals surface area contributed by atoms with Gasteiger partial charge in [-0.15, -0.1) is 68.0 Å². The van der Waals surface area contributed by atoms with Gasteiger partial charge in [0.2, 0.25) is 0 Å². The number of thiophene rings is 4. The van der Waals surface area contributed by atoms with E-state index in [0.717, 1.165) is 80.5 Å². The van der Waals surface area contributed by atoms with Gasteiger partial charge in [0, 0.05) is 13.1 Å². The highest BCUT2D eigenvalue weighted by molar-refractivity contribution is 7.40. The quantitative estimate of drug-likeness (QED) is 0.0352. The van der Waals surface area contributed by atoms with Gasteiger partial charge < -0.3 is 0 Å². The van der Waals surface area contributed by atoms with E-state index in [1.807, 2.05) is 22.9 Å². The third-order valence-electron chi connectivity index (χ3n) is 18.2. The lowest BCUT2D eigenvalue weighted by atomic mass is 9.93. The van der Waals surface area contributed by atoms with Crippen LogP contribution in [0.1, 0.15) is 285 Å². The molecule has 8 nitrogen and oxygen atoms in total. The van der Waals surface area contributed by atoms with E-state index in [0.29, 0.717) is 53.7 Å². The minimum absolute atomic E-state index is 0.169. The number of fused-ring (bicyclic) bond motifs is 9. The number of aromatic nitrogens is 4. The van der Waals surface area contributed by atoms with Gasteiger partial charge in [-0.2, -0.15) is 0 Å². The molecule has 0 aromatic carbocycles. The number of thiazole rings is 2. The van der Waals surface area contributed by atoms with Gasteiger partial charge >= 0.3 is 0 Å². The molecule has 2 unspecified atom stereocenters. The molecule has 0 bridgehead atoms. The van der Waals surface area contributed by atoms with E-state index in [9.17, 15) is 0 Å². The van der Waals surface area contributed by atoms with E-state index in [4.69, 9.17) is 9.97 Å². The van der Waals surface area contributed by atoms with E-state index in [1.165, 1.54) is 251 Å². The summed E-state index contributed by atoms with van der Waals surface area (Å²) in [5, 5.41) is 6.62. The second-order valence-electron chi connectivity index (χ2n) is 25.3. The summed E-state index contributed by atoms with van der Waals surface area (Å²) < 4.78 is 7.43. The maximum atomic E-state index is 15.9. The Labute approximate surface area is 538 Å². The fourth-order valence-electron chi connectivity index (χ4n) is 13.1. The van der Waals surface area contributed by atoms with Crippen LogP contribution < -0.4 is 22.2 Å². The van der Waals surface area contributed by atoms with Gasteiger partial charge in [0.1, 0.15) is 21.0 Å². The Morgan fingerprint density at radius 3 is 0.872 bits per heavy atom. The first-order valence-electron chi connectivity index (χ1n) is 34.7. The van der Waals surface area contributed by atoms with E-state index in [1.54, 1.807) is 31.8 Å². The number of hydrogen-bond donors (Lipinski definition) is 0. The predicted molar refractivity (Wildman–Crippen MR) is 383 cm³/mol. The lowest BCUT2D eigenvalue weighted by Gasteiger charge is -2.18. The van der Waals surface area contributed by atoms with Crippen molar-refractivity contribution < 1.29 is 0 Å². The zero-order chi connectivity index (χ0) is 60.3. The van der Waals surface area contributed by atoms with Crippen molar-refractivity contribution in [2.45, 2.75) is 298 Å². The van der Waals surface area contributed by atoms with Gasteiger partial charge in [0.15, 0.2) is 0 Å². The van der Waals surface area contributed by atoms with Crippen molar-refractivity contribution in [1.82, 2.24) is 19.1 Å². The van der Waals surface area contributed by atoms with E-state index in [2.05, 4.69) is 39.8 Å². The molecule has 0 aliphatic rings. The molecule has 0 radical (unpaired) electrons. The van der Waals surface area contributed by atoms with E-state index >= 15 is 19.2 Å². The number of hydrogen-bond acceptors (Lipinski definition) is 12. The Bertz CT molecular complexity index is 3260. The first kappa shape index (κ1) is 68.5. The molecule has 86 heavy (non-hydrogen) atoms. The summed E-state index contributed by atoms with van der Waals surface area (Å²) in [7, 11) is 0. The molecule has 0 amide bonds. The molecule has 8 aromatic rings. The molecule has 2 atom stereocenters. The Kier molecular flexibility index (Phi) is 30.0. The first-order chi connectivity index (χ1) is 42.3. The first-order valence-corrected chi connectivity index (χ1v) is 39.7. The SMILES string of the molecule is CCCCCCCCCCCCC(CCCCCCCCCC)Cn1c(=O)c2nc(-c3cccs3)sc2c2sc3c(sc4c5sc(-c6cccs6)nc5c(=O)n(CC(CCCCCCCCCC)CCCCCCCCCCCC)c(=O)c43)c2c1=O. The highest BCUT2D eigenvalue weighted by Gasteiger charge is 2.28. The fourth-order valence-corrected chi connectivity index (χ4v) is 19.9. The van der Waals surface area contributed by atoms with Crippen LogP contribution in [0, 0.1) is 11.8 Å².